The number of nitrogens with one attached hydrogen (secondary N) is 2. The molecule has 2 aromatic heterocycles. The minimum absolute atomic E-state index is 0.444. The van der Waals surface area contributed by atoms with Crippen LogP contribution in [0.2, 0.25) is 0 Å². The van der Waals surface area contributed by atoms with Gasteiger partial charge in [0.1, 0.15) is 0 Å². The molecule has 0 aliphatic carbocycles. The van der Waals surface area contributed by atoms with Gasteiger partial charge >= 0.3 is 0 Å². The Morgan fingerprint density at radius 1 is 1.18 bits per heavy atom. The van der Waals surface area contributed by atoms with Crippen LogP contribution in [0.25, 0.3) is 0 Å². The molecule has 6 heteroatoms. The molecule has 0 radical (unpaired) electrons. The first-order chi connectivity index (χ1) is 10.8. The Bertz CT molecular complexity index is 529. The normalized spacial score (nSPS) is 13.1. The molecule has 2 heterocycles. The van der Waals surface area contributed by atoms with E-state index in [4.69, 9.17) is 0 Å². The second kappa shape index (κ2) is 8.92. The molecule has 0 aliphatic rings. The Kier molecular flexibility index (Phi) is 6.54. The first-order valence-corrected chi connectivity index (χ1v) is 7.88. The topological polar surface area (TPSA) is 59.2 Å². The van der Waals surface area contributed by atoms with Gasteiger partial charge in [0.2, 0.25) is 0 Å². The number of hydrogen-bond acceptors (Lipinski definition) is 2. The van der Waals surface area contributed by atoms with Crippen LogP contribution in [0.3, 0.4) is 0 Å². The highest BCUT2D eigenvalue weighted by molar-refractivity contribution is 5.79. The second-order valence-electron chi connectivity index (χ2n) is 5.40. The van der Waals surface area contributed by atoms with Crippen molar-refractivity contribution >= 4 is 5.96 Å². The lowest BCUT2D eigenvalue weighted by molar-refractivity contribution is 0.458. The average molecular weight is 302 g/mol. The fourth-order valence-electron chi connectivity index (χ4n) is 2.20. The van der Waals surface area contributed by atoms with E-state index in [1.165, 1.54) is 0 Å². The molecule has 2 N–H and O–H groups in total. The molecular weight excluding hydrogens is 276 g/mol. The Balaban J connectivity index is 1.75. The Morgan fingerprint density at radius 3 is 2.68 bits per heavy atom. The maximum atomic E-state index is 4.66. The average Bonchev–Trinajstić information content (AvgIpc) is 3.18. The molecule has 2 rings (SSSR count). The van der Waals surface area contributed by atoms with Crippen molar-refractivity contribution in [3.63, 3.8) is 0 Å². The van der Waals surface area contributed by atoms with Gasteiger partial charge in [-0.1, -0.05) is 6.92 Å². The van der Waals surface area contributed by atoms with E-state index >= 15 is 0 Å². The molecule has 0 amide bonds. The Hall–Kier alpha value is -2.24. The largest absolute Gasteiger partial charge is 0.357 e. The van der Waals surface area contributed by atoms with Crippen molar-refractivity contribution in [2.75, 3.05) is 19.6 Å². The van der Waals surface area contributed by atoms with Crippen molar-refractivity contribution in [3.05, 3.63) is 43.0 Å². The SMILES string of the molecule is CCNC(=NCC(C)Cn1cccn1)NCCn1cccc1. The molecule has 6 nitrogen and oxygen atoms in total. The molecular formula is C16H26N6. The predicted octanol–water partition coefficient (Wildman–Crippen LogP) is 1.58. The fourth-order valence-corrected chi connectivity index (χ4v) is 2.20. The quantitative estimate of drug-likeness (QED) is 0.575. The van der Waals surface area contributed by atoms with E-state index in [2.05, 4.69) is 51.5 Å². The molecule has 1 unspecified atom stereocenters. The molecule has 120 valence electrons. The molecule has 0 saturated heterocycles. The van der Waals surface area contributed by atoms with E-state index in [1.807, 2.05) is 35.3 Å². The highest BCUT2D eigenvalue weighted by atomic mass is 15.3. The number of aliphatic imine (C=N–C) groups is 1. The number of hydrogen-bond donors (Lipinski definition) is 2. The summed E-state index contributed by atoms with van der Waals surface area (Å²) in [5.74, 6) is 1.32. The minimum Gasteiger partial charge on any atom is -0.357 e. The van der Waals surface area contributed by atoms with Gasteiger partial charge in [0.25, 0.3) is 0 Å². The smallest absolute Gasteiger partial charge is 0.191 e. The zero-order valence-electron chi connectivity index (χ0n) is 13.4. The minimum atomic E-state index is 0.444. The summed E-state index contributed by atoms with van der Waals surface area (Å²) in [7, 11) is 0. The molecule has 0 spiro atoms. The summed E-state index contributed by atoms with van der Waals surface area (Å²) in [6.45, 7) is 8.58. The third-order valence-corrected chi connectivity index (χ3v) is 3.29. The van der Waals surface area contributed by atoms with Crippen molar-refractivity contribution in [1.82, 2.24) is 25.0 Å². The first kappa shape index (κ1) is 16.1. The third kappa shape index (κ3) is 5.63. The third-order valence-electron chi connectivity index (χ3n) is 3.29. The summed E-state index contributed by atoms with van der Waals surface area (Å²) in [5.41, 5.74) is 0. The Morgan fingerprint density at radius 2 is 2.00 bits per heavy atom. The summed E-state index contributed by atoms with van der Waals surface area (Å²) < 4.78 is 4.10. The number of rotatable bonds is 8. The predicted molar refractivity (Wildman–Crippen MR) is 89.8 cm³/mol. The molecule has 0 bridgehead atoms. The summed E-state index contributed by atoms with van der Waals surface area (Å²) in [6, 6.07) is 6.02. The molecule has 2 aromatic rings. The van der Waals surface area contributed by atoms with Gasteiger partial charge in [0.05, 0.1) is 0 Å². The van der Waals surface area contributed by atoms with Gasteiger partial charge in [0.15, 0.2) is 5.96 Å². The molecule has 22 heavy (non-hydrogen) atoms. The zero-order chi connectivity index (χ0) is 15.6. The van der Waals surface area contributed by atoms with Gasteiger partial charge in [-0.3, -0.25) is 9.67 Å². The number of aromatic nitrogens is 3. The summed E-state index contributed by atoms with van der Waals surface area (Å²) in [5, 5.41) is 10.9. The molecule has 0 aliphatic heterocycles. The van der Waals surface area contributed by atoms with E-state index < -0.39 is 0 Å². The zero-order valence-corrected chi connectivity index (χ0v) is 13.4. The van der Waals surface area contributed by atoms with Crippen LogP contribution in [0.15, 0.2) is 48.0 Å². The van der Waals surface area contributed by atoms with Gasteiger partial charge < -0.3 is 15.2 Å². The van der Waals surface area contributed by atoms with E-state index in [-0.39, 0.29) is 0 Å². The molecule has 1 atom stereocenters. The number of nitrogens with zero attached hydrogens (tertiary/aromatic N) is 4. The highest BCUT2D eigenvalue weighted by Crippen LogP contribution is 2.00. The standard InChI is InChI=1S/C16H26N6/c1-3-17-16(18-8-12-21-9-4-5-10-21)19-13-15(2)14-22-11-6-7-20-22/h4-7,9-11,15H,3,8,12-14H2,1-2H3,(H2,17,18,19). The molecule has 0 fully saturated rings. The maximum absolute atomic E-state index is 4.66. The van der Waals surface area contributed by atoms with Crippen LogP contribution in [0, 0.1) is 5.92 Å². The van der Waals surface area contributed by atoms with Gasteiger partial charge in [-0.15, -0.1) is 0 Å². The molecule has 0 aromatic carbocycles. The van der Waals surface area contributed by atoms with Crippen molar-refractivity contribution in [2.24, 2.45) is 10.9 Å². The van der Waals surface area contributed by atoms with E-state index in [0.717, 1.165) is 38.7 Å². The maximum Gasteiger partial charge on any atom is 0.191 e. The van der Waals surface area contributed by atoms with Crippen LogP contribution >= 0.6 is 0 Å². The summed E-state index contributed by atoms with van der Waals surface area (Å²) in [6.07, 6.45) is 7.93. The van der Waals surface area contributed by atoms with Crippen LogP contribution in [0.1, 0.15) is 13.8 Å². The van der Waals surface area contributed by atoms with Crippen molar-refractivity contribution in [3.8, 4) is 0 Å². The lowest BCUT2D eigenvalue weighted by Crippen LogP contribution is -2.39. The van der Waals surface area contributed by atoms with Crippen LogP contribution in [0.5, 0.6) is 0 Å². The van der Waals surface area contributed by atoms with Crippen LogP contribution < -0.4 is 10.6 Å². The van der Waals surface area contributed by atoms with Gasteiger partial charge in [0, 0.05) is 57.5 Å². The molecule has 0 saturated carbocycles. The summed E-state index contributed by atoms with van der Waals surface area (Å²) >= 11 is 0. The van der Waals surface area contributed by atoms with Gasteiger partial charge in [-0.2, -0.15) is 5.10 Å². The van der Waals surface area contributed by atoms with Crippen molar-refractivity contribution in [2.45, 2.75) is 26.9 Å². The van der Waals surface area contributed by atoms with Gasteiger partial charge in [-0.05, 0) is 31.0 Å². The summed E-state index contributed by atoms with van der Waals surface area (Å²) in [4.78, 5) is 4.66. The number of guanidine groups is 1. The van der Waals surface area contributed by atoms with Gasteiger partial charge in [-0.25, -0.2) is 0 Å². The Labute approximate surface area is 132 Å². The second-order valence-corrected chi connectivity index (χ2v) is 5.40. The first-order valence-electron chi connectivity index (χ1n) is 7.88. The highest BCUT2D eigenvalue weighted by Gasteiger charge is 2.04. The monoisotopic (exact) mass is 302 g/mol. The van der Waals surface area contributed by atoms with E-state index in [1.54, 1.807) is 0 Å². The van der Waals surface area contributed by atoms with E-state index in [9.17, 15) is 0 Å². The lowest BCUT2D eigenvalue weighted by atomic mass is 10.2. The lowest BCUT2D eigenvalue weighted by Gasteiger charge is -2.14. The van der Waals surface area contributed by atoms with Crippen LogP contribution in [-0.2, 0) is 13.1 Å². The van der Waals surface area contributed by atoms with Crippen molar-refractivity contribution < 1.29 is 0 Å². The fraction of sp³-hybridized carbons (Fsp3) is 0.500. The van der Waals surface area contributed by atoms with Crippen LogP contribution in [-0.4, -0.2) is 39.9 Å². The van der Waals surface area contributed by atoms with E-state index in [0.29, 0.717) is 5.92 Å². The van der Waals surface area contributed by atoms with Crippen LogP contribution in [0.4, 0.5) is 0 Å². The van der Waals surface area contributed by atoms with Crippen molar-refractivity contribution in [1.29, 1.82) is 0 Å².